The third-order valence-corrected chi connectivity index (χ3v) is 4.41. The number of ether oxygens (including phenoxy) is 3. The molecular weight excluding hydrogens is 406 g/mol. The fourth-order valence-electron chi connectivity index (χ4n) is 2.75. The number of hydrogen-bond acceptors (Lipinski definition) is 5. The number of aromatic amines is 1. The van der Waals surface area contributed by atoms with E-state index in [1.54, 1.807) is 30.3 Å². The summed E-state index contributed by atoms with van der Waals surface area (Å²) >= 11 is 5.92. The van der Waals surface area contributed by atoms with Gasteiger partial charge in [0.1, 0.15) is 5.69 Å². The number of halogens is 1. The van der Waals surface area contributed by atoms with E-state index in [2.05, 4.69) is 27.4 Å². The molecule has 2 N–H and O–H groups in total. The number of H-pyrrole nitrogens is 1. The number of amides is 1. The molecule has 1 aromatic heterocycles. The standard InChI is InChI=1S/C22H20ClN3O4/c1-28-19-11-15(12-20(29-2)21(19)30-3)17-13-18(26-25-17)22(27)24-9-5-7-14-6-4-8-16(23)10-14/h4,6,8,10-13H,9H2,1-3H3,(H,24,27)(H,25,26). The number of hydrogen-bond donors (Lipinski definition) is 2. The van der Waals surface area contributed by atoms with Crippen LogP contribution in [0, 0.1) is 11.8 Å². The SMILES string of the molecule is COc1cc(-c2cc(C(=O)NCC#Cc3cccc(Cl)c3)[nH]n2)cc(OC)c1OC. The van der Waals surface area contributed by atoms with Gasteiger partial charge in [0.25, 0.3) is 5.91 Å². The number of rotatable bonds is 6. The molecule has 0 saturated heterocycles. The molecule has 0 radical (unpaired) electrons. The number of methoxy groups -OCH3 is 3. The summed E-state index contributed by atoms with van der Waals surface area (Å²) in [5.74, 6) is 6.99. The van der Waals surface area contributed by atoms with Crippen LogP contribution in [-0.2, 0) is 0 Å². The molecule has 0 aliphatic heterocycles. The van der Waals surface area contributed by atoms with E-state index < -0.39 is 0 Å². The van der Waals surface area contributed by atoms with Gasteiger partial charge in [0.05, 0.1) is 33.6 Å². The van der Waals surface area contributed by atoms with Crippen molar-refractivity contribution in [1.29, 1.82) is 0 Å². The van der Waals surface area contributed by atoms with Crippen molar-refractivity contribution in [3.05, 3.63) is 58.7 Å². The van der Waals surface area contributed by atoms with Crippen molar-refractivity contribution in [1.82, 2.24) is 15.5 Å². The minimum absolute atomic E-state index is 0.184. The fourth-order valence-corrected chi connectivity index (χ4v) is 2.94. The Balaban J connectivity index is 1.71. The molecule has 7 nitrogen and oxygen atoms in total. The van der Waals surface area contributed by atoms with Gasteiger partial charge in [-0.1, -0.05) is 29.5 Å². The lowest BCUT2D eigenvalue weighted by molar-refractivity contribution is 0.0953. The molecule has 3 rings (SSSR count). The predicted molar refractivity (Wildman–Crippen MR) is 114 cm³/mol. The van der Waals surface area contributed by atoms with Crippen molar-refractivity contribution in [3.63, 3.8) is 0 Å². The summed E-state index contributed by atoms with van der Waals surface area (Å²) in [7, 11) is 4.61. The first kappa shape index (κ1) is 21.1. The highest BCUT2D eigenvalue weighted by molar-refractivity contribution is 6.30. The molecule has 8 heteroatoms. The highest BCUT2D eigenvalue weighted by Gasteiger charge is 2.17. The van der Waals surface area contributed by atoms with E-state index in [-0.39, 0.29) is 12.5 Å². The predicted octanol–water partition coefficient (Wildman–Crippen LogP) is 3.54. The van der Waals surface area contributed by atoms with Crippen LogP contribution in [0.25, 0.3) is 11.3 Å². The van der Waals surface area contributed by atoms with Crippen molar-refractivity contribution in [2.24, 2.45) is 0 Å². The van der Waals surface area contributed by atoms with Crippen molar-refractivity contribution >= 4 is 17.5 Å². The molecule has 3 aromatic rings. The topological polar surface area (TPSA) is 85.5 Å². The van der Waals surface area contributed by atoms with Gasteiger partial charge in [-0.2, -0.15) is 5.10 Å². The summed E-state index contributed by atoms with van der Waals surface area (Å²) in [6.45, 7) is 0.184. The van der Waals surface area contributed by atoms with Crippen LogP contribution in [0.3, 0.4) is 0 Å². The van der Waals surface area contributed by atoms with Crippen molar-refractivity contribution in [2.45, 2.75) is 0 Å². The number of carbonyl (C=O) groups excluding carboxylic acids is 1. The monoisotopic (exact) mass is 425 g/mol. The molecular formula is C22H20ClN3O4. The lowest BCUT2D eigenvalue weighted by Gasteiger charge is -2.13. The molecule has 0 unspecified atom stereocenters. The van der Waals surface area contributed by atoms with E-state index in [1.165, 1.54) is 21.3 Å². The Labute approximate surface area is 179 Å². The summed E-state index contributed by atoms with van der Waals surface area (Å²) in [4.78, 5) is 12.4. The third-order valence-electron chi connectivity index (χ3n) is 4.18. The highest BCUT2D eigenvalue weighted by atomic mass is 35.5. The third kappa shape index (κ3) is 4.85. The van der Waals surface area contributed by atoms with Gasteiger partial charge in [-0.25, -0.2) is 0 Å². The average molecular weight is 426 g/mol. The Morgan fingerprint density at radius 3 is 2.47 bits per heavy atom. The molecule has 0 bridgehead atoms. The Kier molecular flexibility index (Phi) is 6.83. The molecule has 154 valence electrons. The summed E-state index contributed by atoms with van der Waals surface area (Å²) in [5, 5.41) is 10.3. The first-order valence-corrected chi connectivity index (χ1v) is 9.32. The van der Waals surface area contributed by atoms with Crippen LogP contribution >= 0.6 is 11.6 Å². The number of nitrogens with one attached hydrogen (secondary N) is 2. The maximum absolute atomic E-state index is 12.4. The Morgan fingerprint density at radius 1 is 1.10 bits per heavy atom. The average Bonchev–Trinajstić information content (AvgIpc) is 3.26. The Morgan fingerprint density at radius 2 is 1.83 bits per heavy atom. The quantitative estimate of drug-likeness (QED) is 0.590. The van der Waals surface area contributed by atoms with Crippen molar-refractivity contribution in [2.75, 3.05) is 27.9 Å². The first-order valence-electron chi connectivity index (χ1n) is 8.94. The zero-order valence-electron chi connectivity index (χ0n) is 16.7. The highest BCUT2D eigenvalue weighted by Crippen LogP contribution is 2.40. The van der Waals surface area contributed by atoms with Crippen LogP contribution in [0.1, 0.15) is 16.1 Å². The summed E-state index contributed by atoms with van der Waals surface area (Å²) in [6.07, 6.45) is 0. The van der Waals surface area contributed by atoms with Crippen LogP contribution in [0.4, 0.5) is 0 Å². The second kappa shape index (κ2) is 9.72. The van der Waals surface area contributed by atoms with Crippen molar-refractivity contribution in [3.8, 4) is 40.3 Å². The zero-order valence-corrected chi connectivity index (χ0v) is 17.5. The number of nitrogens with zero attached hydrogens (tertiary/aromatic N) is 1. The van der Waals surface area contributed by atoms with Gasteiger partial charge >= 0.3 is 0 Å². The first-order chi connectivity index (χ1) is 14.5. The van der Waals surface area contributed by atoms with Crippen LogP contribution < -0.4 is 19.5 Å². The molecule has 0 atom stereocenters. The molecule has 1 amide bonds. The lowest BCUT2D eigenvalue weighted by atomic mass is 10.1. The Hall–Kier alpha value is -3.63. The van der Waals surface area contributed by atoms with Gasteiger partial charge in [-0.3, -0.25) is 9.89 Å². The van der Waals surface area contributed by atoms with Gasteiger partial charge in [0.2, 0.25) is 5.75 Å². The molecule has 2 aromatic carbocycles. The van der Waals surface area contributed by atoms with Crippen LogP contribution in [0.5, 0.6) is 17.2 Å². The molecule has 1 heterocycles. The van der Waals surface area contributed by atoms with Gasteiger partial charge in [0, 0.05) is 16.1 Å². The minimum atomic E-state index is -0.318. The molecule has 0 spiro atoms. The van der Waals surface area contributed by atoms with Crippen molar-refractivity contribution < 1.29 is 19.0 Å². The summed E-state index contributed by atoms with van der Waals surface area (Å²) in [6, 6.07) is 12.4. The Bertz CT molecular complexity index is 1090. The van der Waals surface area contributed by atoms with Gasteiger partial charge in [0.15, 0.2) is 11.5 Å². The molecule has 0 saturated carbocycles. The zero-order chi connectivity index (χ0) is 21.5. The molecule has 0 aliphatic carbocycles. The van der Waals surface area contributed by atoms with E-state index in [9.17, 15) is 4.79 Å². The van der Waals surface area contributed by atoms with Gasteiger partial charge in [-0.05, 0) is 36.4 Å². The van der Waals surface area contributed by atoms with E-state index in [4.69, 9.17) is 25.8 Å². The number of aromatic nitrogens is 2. The van der Waals surface area contributed by atoms with E-state index >= 15 is 0 Å². The molecule has 0 aliphatic rings. The van der Waals surface area contributed by atoms with Crippen LogP contribution in [0.2, 0.25) is 5.02 Å². The molecule has 30 heavy (non-hydrogen) atoms. The largest absolute Gasteiger partial charge is 0.493 e. The lowest BCUT2D eigenvalue weighted by Crippen LogP contribution is -2.23. The normalized spacial score (nSPS) is 10.0. The van der Waals surface area contributed by atoms with Gasteiger partial charge < -0.3 is 19.5 Å². The molecule has 0 fully saturated rings. The maximum Gasteiger partial charge on any atom is 0.270 e. The second-order valence-corrected chi connectivity index (χ2v) is 6.51. The van der Waals surface area contributed by atoms with Crippen LogP contribution in [-0.4, -0.2) is 44.0 Å². The maximum atomic E-state index is 12.4. The second-order valence-electron chi connectivity index (χ2n) is 6.08. The fraction of sp³-hybridized carbons (Fsp3) is 0.182. The summed E-state index contributed by atoms with van der Waals surface area (Å²) < 4.78 is 16.0. The summed E-state index contributed by atoms with van der Waals surface area (Å²) in [5.41, 5.74) is 2.36. The smallest absolute Gasteiger partial charge is 0.270 e. The van der Waals surface area contributed by atoms with E-state index in [1.807, 2.05) is 12.1 Å². The van der Waals surface area contributed by atoms with E-state index in [0.717, 1.165) is 5.56 Å². The number of benzene rings is 2. The van der Waals surface area contributed by atoms with Gasteiger partial charge in [-0.15, -0.1) is 0 Å². The minimum Gasteiger partial charge on any atom is -0.493 e. The van der Waals surface area contributed by atoms with E-state index in [0.29, 0.717) is 39.2 Å². The number of carbonyl (C=O) groups is 1. The van der Waals surface area contributed by atoms with Crippen LogP contribution in [0.15, 0.2) is 42.5 Å².